The minimum atomic E-state index is -0.511. The summed E-state index contributed by atoms with van der Waals surface area (Å²) in [5.41, 5.74) is 4.90. The number of hydrogen-bond donors (Lipinski definition) is 1. The summed E-state index contributed by atoms with van der Waals surface area (Å²) in [6, 6.07) is 2.65. The summed E-state index contributed by atoms with van der Waals surface area (Å²) in [6.07, 6.45) is 0.0792. The topological polar surface area (TPSA) is 95.5 Å². The van der Waals surface area contributed by atoms with E-state index in [1.807, 2.05) is 0 Å². The van der Waals surface area contributed by atoms with Gasteiger partial charge in [-0.15, -0.1) is 0 Å². The molecule has 0 aliphatic carbocycles. The summed E-state index contributed by atoms with van der Waals surface area (Å²) < 4.78 is 6.16. The standard InChI is InChI=1S/C9H8Br2N2O4/c10-6-3-5(13(15)16)4-7(11)9(6)17-2-1-8(12)14/h3-4H,1-2H2,(H2,12,14). The Bertz CT molecular complexity index is 441. The minimum absolute atomic E-state index is 0.0639. The first-order chi connectivity index (χ1) is 7.91. The maximum Gasteiger partial charge on any atom is 0.271 e. The number of non-ortho nitro benzene ring substituents is 1. The van der Waals surface area contributed by atoms with Crippen molar-refractivity contribution in [2.75, 3.05) is 6.61 Å². The number of primary amides is 1. The molecule has 0 spiro atoms. The smallest absolute Gasteiger partial charge is 0.271 e. The normalized spacial score (nSPS) is 10.0. The molecule has 1 aromatic carbocycles. The van der Waals surface area contributed by atoms with E-state index >= 15 is 0 Å². The molecule has 17 heavy (non-hydrogen) atoms. The van der Waals surface area contributed by atoms with E-state index in [2.05, 4.69) is 31.9 Å². The van der Waals surface area contributed by atoms with E-state index in [-0.39, 0.29) is 18.7 Å². The lowest BCUT2D eigenvalue weighted by atomic mass is 10.3. The molecule has 1 amide bonds. The van der Waals surface area contributed by atoms with Crippen molar-refractivity contribution in [1.29, 1.82) is 0 Å². The Labute approximate surface area is 114 Å². The maximum atomic E-state index is 10.6. The highest BCUT2D eigenvalue weighted by Crippen LogP contribution is 2.37. The summed E-state index contributed by atoms with van der Waals surface area (Å²) in [4.78, 5) is 20.6. The lowest BCUT2D eigenvalue weighted by Gasteiger charge is -2.09. The van der Waals surface area contributed by atoms with Crippen LogP contribution in [-0.4, -0.2) is 17.4 Å². The Morgan fingerprint density at radius 2 is 1.94 bits per heavy atom. The van der Waals surface area contributed by atoms with E-state index < -0.39 is 10.8 Å². The molecule has 0 fully saturated rings. The van der Waals surface area contributed by atoms with E-state index in [9.17, 15) is 14.9 Å². The zero-order chi connectivity index (χ0) is 13.0. The second-order valence-electron chi connectivity index (χ2n) is 3.06. The SMILES string of the molecule is NC(=O)CCOc1c(Br)cc([N+](=O)[O-])cc1Br. The Hall–Kier alpha value is -1.15. The molecule has 1 aromatic rings. The number of carbonyl (C=O) groups excluding carboxylic acids is 1. The third-order valence-electron chi connectivity index (χ3n) is 1.79. The summed E-state index contributed by atoms with van der Waals surface area (Å²) in [5.74, 6) is -0.0731. The summed E-state index contributed by atoms with van der Waals surface area (Å²) in [7, 11) is 0. The molecule has 0 saturated heterocycles. The zero-order valence-corrected chi connectivity index (χ0v) is 11.7. The Morgan fingerprint density at radius 3 is 2.35 bits per heavy atom. The molecule has 0 saturated carbocycles. The van der Waals surface area contributed by atoms with E-state index in [1.54, 1.807) is 0 Å². The average molecular weight is 368 g/mol. The highest BCUT2D eigenvalue weighted by Gasteiger charge is 2.15. The quantitative estimate of drug-likeness (QED) is 0.638. The van der Waals surface area contributed by atoms with Crippen molar-refractivity contribution in [1.82, 2.24) is 0 Å². The van der Waals surface area contributed by atoms with E-state index in [4.69, 9.17) is 10.5 Å². The molecule has 0 aromatic heterocycles. The number of nitro groups is 1. The first-order valence-electron chi connectivity index (χ1n) is 4.46. The molecular formula is C9H8Br2N2O4. The lowest BCUT2D eigenvalue weighted by Crippen LogP contribution is -2.14. The van der Waals surface area contributed by atoms with Crippen LogP contribution in [0.15, 0.2) is 21.1 Å². The third kappa shape index (κ3) is 3.97. The van der Waals surface area contributed by atoms with Gasteiger partial charge in [-0.05, 0) is 31.9 Å². The molecule has 0 heterocycles. The van der Waals surface area contributed by atoms with Gasteiger partial charge in [-0.25, -0.2) is 0 Å². The number of benzene rings is 1. The Kier molecular flexibility index (Phi) is 4.88. The number of ether oxygens (including phenoxy) is 1. The molecule has 0 unspecified atom stereocenters. The van der Waals surface area contributed by atoms with Gasteiger partial charge in [0.25, 0.3) is 5.69 Å². The fraction of sp³-hybridized carbons (Fsp3) is 0.222. The number of nitro benzene ring substituents is 1. The zero-order valence-electron chi connectivity index (χ0n) is 8.48. The van der Waals surface area contributed by atoms with Gasteiger partial charge in [0, 0.05) is 12.1 Å². The number of hydrogen-bond acceptors (Lipinski definition) is 4. The molecule has 0 atom stereocenters. The number of nitrogens with zero attached hydrogens (tertiary/aromatic N) is 1. The highest BCUT2D eigenvalue weighted by molar-refractivity contribution is 9.11. The summed E-state index contributed by atoms with van der Waals surface area (Å²) in [5, 5.41) is 10.6. The van der Waals surface area contributed by atoms with Crippen molar-refractivity contribution in [3.8, 4) is 5.75 Å². The van der Waals surface area contributed by atoms with Crippen LogP contribution >= 0.6 is 31.9 Å². The molecule has 0 aliphatic heterocycles. The monoisotopic (exact) mass is 366 g/mol. The minimum Gasteiger partial charge on any atom is -0.491 e. The Morgan fingerprint density at radius 1 is 1.41 bits per heavy atom. The van der Waals surface area contributed by atoms with Crippen LogP contribution in [0.5, 0.6) is 5.75 Å². The number of nitrogens with two attached hydrogens (primary N) is 1. The van der Waals surface area contributed by atoms with Gasteiger partial charge >= 0.3 is 0 Å². The van der Waals surface area contributed by atoms with Crippen molar-refractivity contribution < 1.29 is 14.5 Å². The van der Waals surface area contributed by atoms with Crippen LogP contribution in [0.2, 0.25) is 0 Å². The summed E-state index contributed by atoms with van der Waals surface area (Å²) >= 11 is 6.32. The van der Waals surface area contributed by atoms with E-state index in [0.29, 0.717) is 14.7 Å². The van der Waals surface area contributed by atoms with Crippen molar-refractivity contribution in [3.63, 3.8) is 0 Å². The second-order valence-corrected chi connectivity index (χ2v) is 4.77. The largest absolute Gasteiger partial charge is 0.491 e. The van der Waals surface area contributed by atoms with Crippen LogP contribution in [-0.2, 0) is 4.79 Å². The van der Waals surface area contributed by atoms with Crippen LogP contribution in [0.4, 0.5) is 5.69 Å². The second kappa shape index (κ2) is 5.97. The molecule has 8 heteroatoms. The predicted octanol–water partition coefficient (Wildman–Crippen LogP) is 2.37. The molecule has 6 nitrogen and oxygen atoms in total. The van der Waals surface area contributed by atoms with Crippen molar-refractivity contribution in [3.05, 3.63) is 31.2 Å². The number of halogens is 2. The van der Waals surface area contributed by atoms with Crippen molar-refractivity contribution in [2.45, 2.75) is 6.42 Å². The van der Waals surface area contributed by atoms with Crippen LogP contribution < -0.4 is 10.5 Å². The van der Waals surface area contributed by atoms with E-state index in [0.717, 1.165) is 0 Å². The first kappa shape index (κ1) is 13.9. The van der Waals surface area contributed by atoms with Gasteiger partial charge in [0.2, 0.25) is 5.91 Å². The first-order valence-corrected chi connectivity index (χ1v) is 6.05. The highest BCUT2D eigenvalue weighted by atomic mass is 79.9. The van der Waals surface area contributed by atoms with Gasteiger partial charge in [-0.1, -0.05) is 0 Å². The molecule has 1 rings (SSSR count). The van der Waals surface area contributed by atoms with Crippen molar-refractivity contribution in [2.24, 2.45) is 5.73 Å². The van der Waals surface area contributed by atoms with Crippen molar-refractivity contribution >= 4 is 43.5 Å². The van der Waals surface area contributed by atoms with Gasteiger partial charge in [-0.2, -0.15) is 0 Å². The molecule has 0 aliphatic rings. The van der Waals surface area contributed by atoms with E-state index in [1.165, 1.54) is 12.1 Å². The van der Waals surface area contributed by atoms with Crippen LogP contribution in [0.3, 0.4) is 0 Å². The van der Waals surface area contributed by atoms with Gasteiger partial charge in [0.1, 0.15) is 5.75 Å². The van der Waals surface area contributed by atoms with Crippen LogP contribution in [0.25, 0.3) is 0 Å². The van der Waals surface area contributed by atoms with Gasteiger partial charge in [0.15, 0.2) is 0 Å². The molecule has 0 bridgehead atoms. The molecule has 0 radical (unpaired) electrons. The van der Waals surface area contributed by atoms with Gasteiger partial charge in [-0.3, -0.25) is 14.9 Å². The van der Waals surface area contributed by atoms with Crippen LogP contribution in [0.1, 0.15) is 6.42 Å². The molecular weight excluding hydrogens is 360 g/mol. The average Bonchev–Trinajstić information content (AvgIpc) is 2.21. The Balaban J connectivity index is 2.86. The van der Waals surface area contributed by atoms with Gasteiger partial charge in [0.05, 0.1) is 26.9 Å². The number of carbonyl (C=O) groups is 1. The fourth-order valence-corrected chi connectivity index (χ4v) is 2.43. The predicted molar refractivity (Wildman–Crippen MR) is 67.8 cm³/mol. The number of amides is 1. The third-order valence-corrected chi connectivity index (χ3v) is 2.97. The van der Waals surface area contributed by atoms with Crippen LogP contribution in [0, 0.1) is 10.1 Å². The molecule has 92 valence electrons. The fourth-order valence-electron chi connectivity index (χ4n) is 1.04. The number of rotatable bonds is 5. The summed E-state index contributed by atoms with van der Waals surface area (Å²) in [6.45, 7) is 0.115. The molecule has 2 N–H and O–H groups in total. The lowest BCUT2D eigenvalue weighted by molar-refractivity contribution is -0.385. The van der Waals surface area contributed by atoms with Gasteiger partial charge < -0.3 is 10.5 Å². The maximum absolute atomic E-state index is 10.6.